The van der Waals surface area contributed by atoms with Crippen molar-refractivity contribution in [3.63, 3.8) is 0 Å². The fraction of sp³-hybridized carbons (Fsp3) is 0.731. The van der Waals surface area contributed by atoms with Gasteiger partial charge in [-0.05, 0) is 58.3 Å². The summed E-state index contributed by atoms with van der Waals surface area (Å²) in [7, 11) is 0. The normalized spacial score (nSPS) is 15.9. The summed E-state index contributed by atoms with van der Waals surface area (Å²) >= 11 is 0. The van der Waals surface area contributed by atoms with E-state index in [4.69, 9.17) is 4.74 Å². The molecule has 1 aromatic rings. The third-order valence-electron chi connectivity index (χ3n) is 5.84. The molecule has 1 unspecified atom stereocenters. The minimum absolute atomic E-state index is 0.0127. The average Bonchev–Trinajstić information content (AvgIpc) is 2.41. The Morgan fingerprint density at radius 2 is 1.11 bits per heavy atom. The Morgan fingerprint density at radius 3 is 1.39 bits per heavy atom. The van der Waals surface area contributed by atoms with E-state index in [-0.39, 0.29) is 27.6 Å². The van der Waals surface area contributed by atoms with E-state index >= 15 is 0 Å². The van der Waals surface area contributed by atoms with E-state index in [9.17, 15) is 4.79 Å². The maximum atomic E-state index is 13.5. The zero-order valence-corrected chi connectivity index (χ0v) is 20.8. The highest BCUT2D eigenvalue weighted by Gasteiger charge is 2.48. The van der Waals surface area contributed by atoms with Crippen molar-refractivity contribution in [1.82, 2.24) is 0 Å². The van der Waals surface area contributed by atoms with Crippen LogP contribution in [0.2, 0.25) is 0 Å². The second kappa shape index (κ2) is 7.50. The molecule has 0 spiro atoms. The Morgan fingerprint density at radius 1 is 0.714 bits per heavy atom. The zero-order chi connectivity index (χ0) is 22.3. The van der Waals surface area contributed by atoms with Gasteiger partial charge < -0.3 is 4.74 Å². The van der Waals surface area contributed by atoms with Crippen molar-refractivity contribution in [2.45, 2.75) is 107 Å². The van der Waals surface area contributed by atoms with E-state index in [1.807, 2.05) is 12.1 Å². The minimum Gasteiger partial charge on any atom is -0.426 e. The van der Waals surface area contributed by atoms with Crippen LogP contribution in [0, 0.1) is 16.2 Å². The Kier molecular flexibility index (Phi) is 6.62. The first-order valence-electron chi connectivity index (χ1n) is 10.6. The fourth-order valence-corrected chi connectivity index (χ4v) is 3.45. The number of esters is 1. The van der Waals surface area contributed by atoms with Crippen LogP contribution >= 0.6 is 0 Å². The number of ether oxygens (including phenoxy) is 1. The Labute approximate surface area is 174 Å². The number of carbonyl (C=O) groups excluding carboxylic acids is 1. The van der Waals surface area contributed by atoms with Crippen LogP contribution in [0.1, 0.15) is 108 Å². The zero-order valence-electron chi connectivity index (χ0n) is 20.8. The van der Waals surface area contributed by atoms with Crippen LogP contribution in [0.25, 0.3) is 0 Å². The van der Waals surface area contributed by atoms with Crippen LogP contribution in [0.5, 0.6) is 5.75 Å². The monoisotopic (exact) mass is 388 g/mol. The number of hydrogen-bond donors (Lipinski definition) is 0. The van der Waals surface area contributed by atoms with Gasteiger partial charge in [0, 0.05) is 0 Å². The average molecular weight is 389 g/mol. The highest BCUT2D eigenvalue weighted by atomic mass is 16.5. The second-order valence-electron chi connectivity index (χ2n) is 13.0. The first kappa shape index (κ1) is 24.7. The van der Waals surface area contributed by atoms with Crippen LogP contribution < -0.4 is 4.74 Å². The molecule has 0 aliphatic carbocycles. The molecule has 0 radical (unpaired) electrons. The molecule has 160 valence electrons. The maximum absolute atomic E-state index is 13.5. The molecular formula is C26H44O2. The predicted octanol–water partition coefficient (Wildman–Crippen LogP) is 7.68. The maximum Gasteiger partial charge on any atom is 0.317 e. The second-order valence-corrected chi connectivity index (χ2v) is 13.0. The van der Waals surface area contributed by atoms with Crippen LogP contribution in [0.4, 0.5) is 0 Å². The number of hydrogen-bond acceptors (Lipinski definition) is 2. The minimum atomic E-state index is -0.578. The smallest absolute Gasteiger partial charge is 0.317 e. The van der Waals surface area contributed by atoms with E-state index in [2.05, 4.69) is 96.1 Å². The van der Waals surface area contributed by atoms with Gasteiger partial charge in [-0.3, -0.25) is 4.79 Å². The molecular weight excluding hydrogens is 344 g/mol. The first-order valence-corrected chi connectivity index (χ1v) is 10.6. The predicted molar refractivity (Wildman–Crippen MR) is 121 cm³/mol. The summed E-state index contributed by atoms with van der Waals surface area (Å²) in [6.07, 6.45) is 0.771. The molecule has 0 saturated heterocycles. The number of benzene rings is 1. The fourth-order valence-electron chi connectivity index (χ4n) is 3.45. The van der Waals surface area contributed by atoms with E-state index < -0.39 is 5.41 Å². The molecule has 0 bridgehead atoms. The Bertz CT molecular complexity index is 668. The molecule has 0 aromatic heterocycles. The lowest BCUT2D eigenvalue weighted by atomic mass is 9.61. The molecule has 2 heteroatoms. The summed E-state index contributed by atoms with van der Waals surface area (Å²) in [5, 5.41) is 0. The van der Waals surface area contributed by atoms with E-state index in [0.717, 1.165) is 6.42 Å². The molecule has 1 aromatic carbocycles. The van der Waals surface area contributed by atoms with Gasteiger partial charge in [-0.15, -0.1) is 0 Å². The molecule has 0 aliphatic heterocycles. The molecule has 0 saturated carbocycles. The summed E-state index contributed by atoms with van der Waals surface area (Å²) in [5.41, 5.74) is 1.61. The van der Waals surface area contributed by atoms with Crippen LogP contribution in [0.3, 0.4) is 0 Å². The van der Waals surface area contributed by atoms with Gasteiger partial charge in [0.2, 0.25) is 0 Å². The van der Waals surface area contributed by atoms with Gasteiger partial charge in [-0.25, -0.2) is 0 Å². The van der Waals surface area contributed by atoms with Crippen molar-refractivity contribution in [1.29, 1.82) is 0 Å². The van der Waals surface area contributed by atoms with E-state index in [1.165, 1.54) is 11.1 Å². The highest BCUT2D eigenvalue weighted by Crippen LogP contribution is 2.47. The van der Waals surface area contributed by atoms with Crippen molar-refractivity contribution < 1.29 is 9.53 Å². The van der Waals surface area contributed by atoms with Gasteiger partial charge in [0.1, 0.15) is 5.75 Å². The summed E-state index contributed by atoms with van der Waals surface area (Å²) in [6.45, 7) is 28.2. The molecule has 1 rings (SSSR count). The molecule has 1 atom stereocenters. The lowest BCUT2D eigenvalue weighted by Gasteiger charge is -2.43. The van der Waals surface area contributed by atoms with Gasteiger partial charge in [0.25, 0.3) is 0 Å². The summed E-state index contributed by atoms with van der Waals surface area (Å²) in [4.78, 5) is 13.5. The molecule has 0 heterocycles. The SMILES string of the molecule is CC(C)(C)CC(C)(C(=O)Oc1cc(C(C)(C)C)cc(C(C)(C)C)c1)C(C)(C)C. The van der Waals surface area contributed by atoms with Crippen LogP contribution in [-0.4, -0.2) is 5.97 Å². The summed E-state index contributed by atoms with van der Waals surface area (Å²) in [5.74, 6) is 0.521. The number of carbonyl (C=O) groups is 1. The molecule has 28 heavy (non-hydrogen) atoms. The van der Waals surface area contributed by atoms with Crippen molar-refractivity contribution in [3.05, 3.63) is 29.3 Å². The van der Waals surface area contributed by atoms with E-state index in [1.54, 1.807) is 0 Å². The molecule has 0 fully saturated rings. The largest absolute Gasteiger partial charge is 0.426 e. The molecule has 0 N–H and O–H groups in total. The van der Waals surface area contributed by atoms with Gasteiger partial charge in [-0.1, -0.05) is 89.2 Å². The van der Waals surface area contributed by atoms with Crippen molar-refractivity contribution in [2.24, 2.45) is 16.2 Å². The Balaban J connectivity index is 3.43. The van der Waals surface area contributed by atoms with E-state index in [0.29, 0.717) is 5.75 Å². The van der Waals surface area contributed by atoms with Crippen molar-refractivity contribution in [3.8, 4) is 5.75 Å². The lowest BCUT2D eigenvalue weighted by Crippen LogP contribution is -2.45. The summed E-state index contributed by atoms with van der Waals surface area (Å²) < 4.78 is 6.08. The standard InChI is InChI=1S/C26H44O2/c1-22(2,3)17-26(13,25(10,11)12)21(27)28-20-15-18(23(4,5)6)14-19(16-20)24(7,8)9/h14-16H,17H2,1-13H3. The molecule has 0 aliphatic rings. The van der Waals surface area contributed by atoms with Gasteiger partial charge in [0.05, 0.1) is 5.41 Å². The van der Waals surface area contributed by atoms with Crippen LogP contribution in [-0.2, 0) is 15.6 Å². The third-order valence-corrected chi connectivity index (χ3v) is 5.84. The van der Waals surface area contributed by atoms with Gasteiger partial charge in [-0.2, -0.15) is 0 Å². The van der Waals surface area contributed by atoms with Crippen molar-refractivity contribution >= 4 is 5.97 Å². The topological polar surface area (TPSA) is 26.3 Å². The number of rotatable bonds is 3. The van der Waals surface area contributed by atoms with Crippen LogP contribution in [0.15, 0.2) is 18.2 Å². The Hall–Kier alpha value is -1.31. The lowest BCUT2D eigenvalue weighted by molar-refractivity contribution is -0.154. The molecule has 0 amide bonds. The van der Waals surface area contributed by atoms with Gasteiger partial charge >= 0.3 is 5.97 Å². The molecule has 2 nitrogen and oxygen atoms in total. The quantitative estimate of drug-likeness (QED) is 0.392. The third kappa shape index (κ3) is 6.09. The first-order chi connectivity index (χ1) is 12.2. The van der Waals surface area contributed by atoms with Gasteiger partial charge in [0.15, 0.2) is 0 Å². The van der Waals surface area contributed by atoms with Crippen molar-refractivity contribution in [2.75, 3.05) is 0 Å². The summed E-state index contributed by atoms with van der Waals surface area (Å²) in [6, 6.07) is 6.32. The highest BCUT2D eigenvalue weighted by molar-refractivity contribution is 5.80.